The second kappa shape index (κ2) is 23.0. The maximum absolute atomic E-state index is 12.2. The van der Waals surface area contributed by atoms with E-state index >= 15 is 0 Å². The van der Waals surface area contributed by atoms with Crippen LogP contribution in [0.4, 0.5) is 9.59 Å². The summed E-state index contributed by atoms with van der Waals surface area (Å²) in [5.41, 5.74) is 0.491. The van der Waals surface area contributed by atoms with E-state index in [1.807, 2.05) is 60.7 Å². The van der Waals surface area contributed by atoms with Crippen molar-refractivity contribution in [2.45, 2.75) is 118 Å². The molecule has 0 aliphatic carbocycles. The van der Waals surface area contributed by atoms with Crippen molar-refractivity contribution in [3.05, 3.63) is 84.4 Å². The Kier molecular flexibility index (Phi) is 20.9. The number of alkyl carbamates (subject to hydrolysis) is 2. The molecule has 2 amide bonds. The van der Waals surface area contributed by atoms with E-state index in [9.17, 15) is 19.2 Å². The molecule has 2 aromatic rings. The summed E-state index contributed by atoms with van der Waals surface area (Å²) < 4.78 is 20.9. The fourth-order valence-corrected chi connectivity index (χ4v) is 3.80. The molecule has 0 saturated carbocycles. The number of aliphatic hydroxyl groups is 1. The molecule has 0 heterocycles. The molecular weight excluding hydrogens is 616 g/mol. The summed E-state index contributed by atoms with van der Waals surface area (Å²) in [7, 11) is 0. The summed E-state index contributed by atoms with van der Waals surface area (Å²) in [6, 6.07) is 17.1. The molecule has 0 unspecified atom stereocenters. The average Bonchev–Trinajstić information content (AvgIpc) is 3.00. The predicted octanol–water partition coefficient (Wildman–Crippen LogP) is 7.01. The highest BCUT2D eigenvalue weighted by Gasteiger charge is 2.28. The number of aliphatic hydroxyl groups excluding tert-OH is 1. The molecule has 0 fully saturated rings. The van der Waals surface area contributed by atoms with Gasteiger partial charge in [0, 0.05) is 6.61 Å². The van der Waals surface area contributed by atoms with Crippen LogP contribution in [0.25, 0.3) is 0 Å². The lowest BCUT2D eigenvalue weighted by molar-refractivity contribution is -0.158. The van der Waals surface area contributed by atoms with Gasteiger partial charge in [-0.15, -0.1) is 6.58 Å². The molecular formula is C37H56N2O9. The SMILES string of the molecule is C.C=CCC[C@H](NC(=O)OCc1ccccc1)C(=O)OC(C)(C)C.CC(C)(C)OC(=O)[C@H](CCCCO)NC(=O)OCc1ccccc1. The van der Waals surface area contributed by atoms with Crippen LogP contribution in [-0.4, -0.2) is 59.1 Å². The normalized spacial score (nSPS) is 12.0. The van der Waals surface area contributed by atoms with Gasteiger partial charge >= 0.3 is 24.1 Å². The predicted molar refractivity (Wildman–Crippen MR) is 186 cm³/mol. The molecule has 3 N–H and O–H groups in total. The smallest absolute Gasteiger partial charge is 0.408 e. The van der Waals surface area contributed by atoms with E-state index in [0.717, 1.165) is 11.1 Å². The van der Waals surface area contributed by atoms with Crippen molar-refractivity contribution in [3.8, 4) is 0 Å². The first kappa shape index (κ1) is 43.6. The quantitative estimate of drug-likeness (QED) is 0.0786. The van der Waals surface area contributed by atoms with Crippen LogP contribution in [0.5, 0.6) is 0 Å². The zero-order chi connectivity index (χ0) is 35.3. The number of hydrogen-bond acceptors (Lipinski definition) is 9. The number of benzene rings is 2. The molecule has 268 valence electrons. The van der Waals surface area contributed by atoms with Gasteiger partial charge in [0.05, 0.1) is 0 Å². The molecule has 0 aliphatic heterocycles. The standard InChI is InChI=1S/C18H27NO5.C18H25NO4.CH4/c1-18(2,3)24-16(21)15(11-7-8-12-20)19-17(22)23-13-14-9-5-4-6-10-14;1-5-6-12-15(16(20)23-18(2,3)4)19-17(21)22-13-14-10-8-7-9-11-14;/h4-6,9-10,15,20H,7-8,11-13H2,1-3H3,(H,19,22);5,7-11,15H,1,6,12-13H2,2-4H3,(H,19,21);1H4/t2*15-;/m00./s1. The van der Waals surface area contributed by atoms with Crippen molar-refractivity contribution in [2.75, 3.05) is 6.61 Å². The van der Waals surface area contributed by atoms with Crippen molar-refractivity contribution in [1.82, 2.24) is 10.6 Å². The monoisotopic (exact) mass is 672 g/mol. The van der Waals surface area contributed by atoms with Crippen LogP contribution in [0, 0.1) is 0 Å². The number of amides is 2. The zero-order valence-electron chi connectivity index (χ0n) is 28.6. The molecule has 0 radical (unpaired) electrons. The van der Waals surface area contributed by atoms with Gasteiger partial charge in [-0.25, -0.2) is 19.2 Å². The summed E-state index contributed by atoms with van der Waals surface area (Å²) in [6.45, 7) is 14.6. The highest BCUT2D eigenvalue weighted by atomic mass is 16.6. The number of carbonyl (C=O) groups excluding carboxylic acids is 4. The molecule has 0 aromatic heterocycles. The van der Waals surface area contributed by atoms with Crippen LogP contribution in [0.1, 0.15) is 92.2 Å². The van der Waals surface area contributed by atoms with Gasteiger partial charge < -0.3 is 34.7 Å². The van der Waals surface area contributed by atoms with Gasteiger partial charge in [-0.2, -0.15) is 0 Å². The first-order chi connectivity index (χ1) is 22.1. The summed E-state index contributed by atoms with van der Waals surface area (Å²) in [5, 5.41) is 14.0. The second-order valence-electron chi connectivity index (χ2n) is 12.7. The fraction of sp³-hybridized carbons (Fsp3) is 0.514. The Morgan fingerprint density at radius 3 is 1.46 bits per heavy atom. The minimum Gasteiger partial charge on any atom is -0.458 e. The molecule has 11 nitrogen and oxygen atoms in total. The average molecular weight is 673 g/mol. The van der Waals surface area contributed by atoms with Gasteiger partial charge in [0.25, 0.3) is 0 Å². The van der Waals surface area contributed by atoms with Gasteiger partial charge in [-0.05, 0) is 84.8 Å². The van der Waals surface area contributed by atoms with E-state index in [-0.39, 0.29) is 27.2 Å². The maximum atomic E-state index is 12.2. The number of carbonyl (C=O) groups is 4. The molecule has 2 atom stereocenters. The highest BCUT2D eigenvalue weighted by Crippen LogP contribution is 2.13. The van der Waals surface area contributed by atoms with E-state index in [4.69, 9.17) is 24.1 Å². The third kappa shape index (κ3) is 21.4. The number of esters is 2. The molecule has 0 bridgehead atoms. The Balaban J connectivity index is 0.000000902. The van der Waals surface area contributed by atoms with Gasteiger partial charge in [0.15, 0.2) is 0 Å². The summed E-state index contributed by atoms with van der Waals surface area (Å²) in [4.78, 5) is 48.2. The van der Waals surface area contributed by atoms with E-state index < -0.39 is 47.4 Å². The molecule has 0 saturated heterocycles. The topological polar surface area (TPSA) is 149 Å². The molecule has 48 heavy (non-hydrogen) atoms. The Morgan fingerprint density at radius 2 is 1.10 bits per heavy atom. The number of rotatable bonds is 15. The van der Waals surface area contributed by atoms with Crippen molar-refractivity contribution < 1.29 is 43.2 Å². The highest BCUT2D eigenvalue weighted by molar-refractivity contribution is 5.82. The van der Waals surface area contributed by atoms with E-state index in [1.54, 1.807) is 47.6 Å². The first-order valence-corrected chi connectivity index (χ1v) is 15.8. The molecule has 0 spiro atoms. The van der Waals surface area contributed by atoms with E-state index in [1.165, 1.54) is 0 Å². The second-order valence-corrected chi connectivity index (χ2v) is 12.7. The van der Waals surface area contributed by atoms with Crippen molar-refractivity contribution >= 4 is 24.1 Å². The van der Waals surface area contributed by atoms with Crippen LogP contribution < -0.4 is 10.6 Å². The lowest BCUT2D eigenvalue weighted by Gasteiger charge is -2.24. The van der Waals surface area contributed by atoms with Gasteiger partial charge in [0.1, 0.15) is 36.5 Å². The summed E-state index contributed by atoms with van der Waals surface area (Å²) in [6.07, 6.45) is 2.92. The van der Waals surface area contributed by atoms with Crippen LogP contribution in [0.3, 0.4) is 0 Å². The molecule has 11 heteroatoms. The minimum atomic E-state index is -0.793. The summed E-state index contributed by atoms with van der Waals surface area (Å²) >= 11 is 0. The Bertz CT molecular complexity index is 1220. The maximum Gasteiger partial charge on any atom is 0.408 e. The van der Waals surface area contributed by atoms with E-state index in [0.29, 0.717) is 32.1 Å². The zero-order valence-corrected chi connectivity index (χ0v) is 28.6. The largest absolute Gasteiger partial charge is 0.458 e. The van der Waals surface area contributed by atoms with Crippen LogP contribution in [0.15, 0.2) is 73.3 Å². The fourth-order valence-electron chi connectivity index (χ4n) is 3.80. The van der Waals surface area contributed by atoms with Crippen LogP contribution in [-0.2, 0) is 41.8 Å². The van der Waals surface area contributed by atoms with Crippen molar-refractivity contribution in [1.29, 1.82) is 0 Å². The van der Waals surface area contributed by atoms with Crippen molar-refractivity contribution in [2.24, 2.45) is 0 Å². The Labute approximate surface area is 286 Å². The summed E-state index contributed by atoms with van der Waals surface area (Å²) in [5.74, 6) is -0.979. The van der Waals surface area contributed by atoms with Crippen molar-refractivity contribution in [3.63, 3.8) is 0 Å². The number of nitrogens with one attached hydrogen (secondary N) is 2. The van der Waals surface area contributed by atoms with Crippen LogP contribution >= 0.6 is 0 Å². The Morgan fingerprint density at radius 1 is 0.708 bits per heavy atom. The third-order valence-electron chi connectivity index (χ3n) is 5.95. The van der Waals surface area contributed by atoms with E-state index in [2.05, 4.69) is 17.2 Å². The molecule has 2 aromatic carbocycles. The number of allylic oxidation sites excluding steroid dienone is 1. The first-order valence-electron chi connectivity index (χ1n) is 15.8. The third-order valence-corrected chi connectivity index (χ3v) is 5.95. The number of hydrogen-bond donors (Lipinski definition) is 3. The van der Waals surface area contributed by atoms with Gasteiger partial charge in [-0.3, -0.25) is 0 Å². The lowest BCUT2D eigenvalue weighted by atomic mass is 10.1. The molecule has 2 rings (SSSR count). The number of unbranched alkanes of at least 4 members (excludes halogenated alkanes) is 1. The minimum absolute atomic E-state index is 0. The Hall–Kier alpha value is -4.38. The van der Waals surface area contributed by atoms with Gasteiger partial charge in [-0.1, -0.05) is 74.2 Å². The lowest BCUT2D eigenvalue weighted by Crippen LogP contribution is -2.44. The van der Waals surface area contributed by atoms with Crippen LogP contribution in [0.2, 0.25) is 0 Å². The molecule has 0 aliphatic rings. The van der Waals surface area contributed by atoms with Gasteiger partial charge in [0.2, 0.25) is 0 Å². The number of ether oxygens (including phenoxy) is 4.